The molecule has 0 radical (unpaired) electrons. The molecular weight excluding hydrogens is 606 g/mol. The molecule has 1 atom stereocenters. The standard InChI is InChI=1S/C38H41N5O5/c1-27-13-15-28(16-14-27)30-9-5-6-10-31(30)37(45)40-32-18-17-29(25-35(32)47-4)38(46)42(3)33-11-7-8-12-34(33)48-24-19-36(39-26-44)43-22-20-41(2)21-23-43/h5-18,25,36H,19-24H2,1-4H3,(H,40,45). The first-order valence-corrected chi connectivity index (χ1v) is 15.9. The van der Waals surface area contributed by atoms with E-state index in [4.69, 9.17) is 9.47 Å². The number of amides is 2. The highest BCUT2D eigenvalue weighted by molar-refractivity contribution is 6.10. The van der Waals surface area contributed by atoms with E-state index in [9.17, 15) is 14.4 Å². The van der Waals surface area contributed by atoms with Gasteiger partial charge in [-0.3, -0.25) is 14.5 Å². The van der Waals surface area contributed by atoms with Crippen LogP contribution in [-0.2, 0) is 4.79 Å². The first-order valence-electron chi connectivity index (χ1n) is 15.9. The SMILES string of the molecule is COc1cc(C(=O)N(C)c2ccccc2OCCC(N=C=O)N2CCN(C)CC2)ccc1NC(=O)c1ccccc1-c1ccc(C)cc1. The van der Waals surface area contributed by atoms with E-state index in [0.717, 1.165) is 42.9 Å². The van der Waals surface area contributed by atoms with E-state index in [-0.39, 0.29) is 18.0 Å². The van der Waals surface area contributed by atoms with Gasteiger partial charge in [0.25, 0.3) is 11.8 Å². The van der Waals surface area contributed by atoms with E-state index >= 15 is 0 Å². The molecule has 1 aliphatic rings. The summed E-state index contributed by atoms with van der Waals surface area (Å²) in [6.07, 6.45) is 1.90. The Labute approximate surface area is 281 Å². The van der Waals surface area contributed by atoms with Crippen molar-refractivity contribution in [1.29, 1.82) is 0 Å². The second kappa shape index (κ2) is 16.0. The molecule has 0 spiro atoms. The molecule has 0 aromatic heterocycles. The van der Waals surface area contributed by atoms with Crippen LogP contribution in [0.3, 0.4) is 0 Å². The minimum absolute atomic E-state index is 0.284. The number of carbonyl (C=O) groups excluding carboxylic acids is 3. The topological polar surface area (TPSA) is 104 Å². The highest BCUT2D eigenvalue weighted by Gasteiger charge is 2.24. The number of para-hydroxylation sites is 2. The Hall–Kier alpha value is -5.28. The van der Waals surface area contributed by atoms with E-state index in [0.29, 0.717) is 47.0 Å². The number of methoxy groups -OCH3 is 1. The Morgan fingerprint density at radius 1 is 0.938 bits per heavy atom. The highest BCUT2D eigenvalue weighted by atomic mass is 16.5. The quantitative estimate of drug-likeness (QED) is 0.151. The van der Waals surface area contributed by atoms with Crippen molar-refractivity contribution in [2.24, 2.45) is 4.99 Å². The van der Waals surface area contributed by atoms with Gasteiger partial charge in [-0.25, -0.2) is 4.79 Å². The number of anilines is 2. The number of hydrogen-bond donors (Lipinski definition) is 1. The summed E-state index contributed by atoms with van der Waals surface area (Å²) < 4.78 is 11.7. The van der Waals surface area contributed by atoms with E-state index in [1.807, 2.05) is 67.6 Å². The Kier molecular flexibility index (Phi) is 11.4. The number of ether oxygens (including phenoxy) is 2. The first-order chi connectivity index (χ1) is 23.3. The number of isocyanates is 1. The molecule has 248 valence electrons. The molecule has 1 unspecified atom stereocenters. The summed E-state index contributed by atoms with van der Waals surface area (Å²) >= 11 is 0. The van der Waals surface area contributed by atoms with Gasteiger partial charge in [-0.2, -0.15) is 4.99 Å². The molecule has 5 rings (SSSR count). The number of benzene rings is 4. The second-order valence-corrected chi connectivity index (χ2v) is 11.8. The van der Waals surface area contributed by atoms with Crippen molar-refractivity contribution < 1.29 is 23.9 Å². The smallest absolute Gasteiger partial charge is 0.258 e. The number of piperazine rings is 1. The summed E-state index contributed by atoms with van der Waals surface area (Å²) in [4.78, 5) is 48.3. The van der Waals surface area contributed by atoms with Gasteiger partial charge in [-0.05, 0) is 61.5 Å². The van der Waals surface area contributed by atoms with Crippen molar-refractivity contribution >= 4 is 29.3 Å². The molecule has 48 heavy (non-hydrogen) atoms. The summed E-state index contributed by atoms with van der Waals surface area (Å²) in [6.45, 7) is 5.76. The maximum absolute atomic E-state index is 13.7. The largest absolute Gasteiger partial charge is 0.495 e. The lowest BCUT2D eigenvalue weighted by atomic mass is 9.98. The van der Waals surface area contributed by atoms with Gasteiger partial charge in [0.2, 0.25) is 6.08 Å². The van der Waals surface area contributed by atoms with E-state index in [1.165, 1.54) is 12.0 Å². The molecule has 1 heterocycles. The molecule has 4 aromatic carbocycles. The Balaban J connectivity index is 1.28. The lowest BCUT2D eigenvalue weighted by Crippen LogP contribution is -2.48. The van der Waals surface area contributed by atoms with Crippen LogP contribution in [0.25, 0.3) is 11.1 Å². The lowest BCUT2D eigenvalue weighted by Gasteiger charge is -2.35. The predicted molar refractivity (Wildman–Crippen MR) is 188 cm³/mol. The zero-order chi connectivity index (χ0) is 34.0. The van der Waals surface area contributed by atoms with Gasteiger partial charge in [-0.1, -0.05) is 60.2 Å². The van der Waals surface area contributed by atoms with Crippen molar-refractivity contribution in [2.75, 3.05) is 64.2 Å². The minimum Gasteiger partial charge on any atom is -0.495 e. The van der Waals surface area contributed by atoms with Crippen LogP contribution in [0.5, 0.6) is 11.5 Å². The van der Waals surface area contributed by atoms with Crippen molar-refractivity contribution in [1.82, 2.24) is 9.80 Å². The molecule has 2 amide bonds. The molecule has 1 fully saturated rings. The van der Waals surface area contributed by atoms with Gasteiger partial charge in [0.15, 0.2) is 0 Å². The van der Waals surface area contributed by atoms with Crippen LogP contribution in [0.2, 0.25) is 0 Å². The van der Waals surface area contributed by atoms with Gasteiger partial charge < -0.3 is 24.6 Å². The van der Waals surface area contributed by atoms with E-state index in [1.54, 1.807) is 43.5 Å². The third-order valence-electron chi connectivity index (χ3n) is 8.56. The number of likely N-dealkylation sites (N-methyl/N-ethyl adjacent to an activating group) is 1. The fraction of sp³-hybridized carbons (Fsp3) is 0.289. The number of nitrogens with one attached hydrogen (secondary N) is 1. The zero-order valence-corrected chi connectivity index (χ0v) is 27.8. The number of carbonyl (C=O) groups is 2. The van der Waals surface area contributed by atoms with Crippen LogP contribution in [0.4, 0.5) is 11.4 Å². The van der Waals surface area contributed by atoms with Crippen molar-refractivity contribution in [3.8, 4) is 22.6 Å². The number of aryl methyl sites for hydroxylation is 1. The predicted octanol–water partition coefficient (Wildman–Crippen LogP) is 5.88. The Morgan fingerprint density at radius 2 is 1.65 bits per heavy atom. The van der Waals surface area contributed by atoms with Crippen molar-refractivity contribution in [2.45, 2.75) is 19.5 Å². The molecular formula is C38H41N5O5. The molecule has 10 heteroatoms. The van der Waals surface area contributed by atoms with Crippen LogP contribution in [0.15, 0.2) is 96.0 Å². The molecule has 0 bridgehead atoms. The first kappa shape index (κ1) is 34.1. The third-order valence-corrected chi connectivity index (χ3v) is 8.56. The molecule has 1 N–H and O–H groups in total. The summed E-state index contributed by atoms with van der Waals surface area (Å²) in [5.74, 6) is 0.308. The van der Waals surface area contributed by atoms with Gasteiger partial charge in [-0.15, -0.1) is 0 Å². The molecule has 0 saturated carbocycles. The zero-order valence-electron chi connectivity index (χ0n) is 27.8. The van der Waals surface area contributed by atoms with Crippen molar-refractivity contribution in [3.63, 3.8) is 0 Å². The fourth-order valence-electron chi connectivity index (χ4n) is 5.73. The summed E-state index contributed by atoms with van der Waals surface area (Å²) in [7, 11) is 5.25. The van der Waals surface area contributed by atoms with Crippen molar-refractivity contribution in [3.05, 3.63) is 108 Å². The maximum Gasteiger partial charge on any atom is 0.258 e. The van der Waals surface area contributed by atoms with Crippen LogP contribution >= 0.6 is 0 Å². The van der Waals surface area contributed by atoms with E-state index < -0.39 is 0 Å². The highest BCUT2D eigenvalue weighted by Crippen LogP contribution is 2.32. The average Bonchev–Trinajstić information content (AvgIpc) is 3.11. The van der Waals surface area contributed by atoms with E-state index in [2.05, 4.69) is 27.2 Å². The maximum atomic E-state index is 13.7. The summed E-state index contributed by atoms with van der Waals surface area (Å²) in [5.41, 5.74) is 4.81. The molecule has 0 aliphatic carbocycles. The molecule has 1 aliphatic heterocycles. The summed E-state index contributed by atoms with van der Waals surface area (Å²) in [6, 6.07) is 27.7. The lowest BCUT2D eigenvalue weighted by molar-refractivity contribution is 0.0986. The van der Waals surface area contributed by atoms with Gasteiger partial charge in [0.05, 0.1) is 25.1 Å². The normalized spacial score (nSPS) is 14.0. The molecule has 10 nitrogen and oxygen atoms in total. The number of rotatable bonds is 12. The summed E-state index contributed by atoms with van der Waals surface area (Å²) in [5, 5.41) is 2.96. The van der Waals surface area contributed by atoms with Crippen LogP contribution in [-0.4, -0.2) is 87.9 Å². The minimum atomic E-state index is -0.315. The average molecular weight is 648 g/mol. The van der Waals surface area contributed by atoms with Gasteiger partial charge in [0.1, 0.15) is 17.7 Å². The molecule has 1 saturated heterocycles. The Bertz CT molecular complexity index is 1780. The number of aliphatic imine (C=N–C) groups is 1. The monoisotopic (exact) mass is 647 g/mol. The van der Waals surface area contributed by atoms with Crippen LogP contribution in [0.1, 0.15) is 32.7 Å². The van der Waals surface area contributed by atoms with Gasteiger partial charge >= 0.3 is 0 Å². The van der Waals surface area contributed by atoms with Gasteiger partial charge in [0, 0.05) is 50.8 Å². The van der Waals surface area contributed by atoms with Crippen LogP contribution in [0, 0.1) is 6.92 Å². The second-order valence-electron chi connectivity index (χ2n) is 11.8. The third kappa shape index (κ3) is 8.16. The number of nitrogens with zero attached hydrogens (tertiary/aromatic N) is 4. The van der Waals surface area contributed by atoms with Crippen LogP contribution < -0.4 is 19.7 Å². The fourth-order valence-corrected chi connectivity index (χ4v) is 5.73. The number of hydrogen-bond acceptors (Lipinski definition) is 8. The molecule has 4 aromatic rings. The Morgan fingerprint density at radius 3 is 2.38 bits per heavy atom.